The molecule has 11 aromatic rings. The van der Waals surface area contributed by atoms with Gasteiger partial charge in [0.05, 0.1) is 22.4 Å². The molecule has 0 unspecified atom stereocenters. The molecule has 0 spiro atoms. The second-order valence-corrected chi connectivity index (χ2v) is 18.9. The van der Waals surface area contributed by atoms with Crippen molar-refractivity contribution in [2.45, 2.75) is 46.0 Å². The Morgan fingerprint density at radius 2 is 0.955 bits per heavy atom. The van der Waals surface area contributed by atoms with Gasteiger partial charge < -0.3 is 9.47 Å². The van der Waals surface area contributed by atoms with Crippen LogP contribution in [0.1, 0.15) is 50.5 Å². The van der Waals surface area contributed by atoms with Crippen molar-refractivity contribution in [3.05, 3.63) is 191 Å². The number of aryl methyl sites for hydroxylation is 2. The lowest BCUT2D eigenvalue weighted by Crippen LogP contribution is -2.14. The molecule has 6 nitrogen and oxygen atoms in total. The molecule has 0 fully saturated rings. The van der Waals surface area contributed by atoms with Gasteiger partial charge in [0.15, 0.2) is 23.0 Å². The fourth-order valence-corrected chi connectivity index (χ4v) is 11.3. The molecule has 0 bridgehead atoms. The molecule has 14 rings (SSSR count). The Balaban J connectivity index is 0.000000190. The summed E-state index contributed by atoms with van der Waals surface area (Å²) in [6.45, 7) is 9.00. The van der Waals surface area contributed by atoms with E-state index in [4.69, 9.17) is 19.4 Å². The Bertz CT molecular complexity index is 3800. The second kappa shape index (κ2) is 14.5. The fraction of sp³-hybridized carbons (Fsp3) is 0.119. The van der Waals surface area contributed by atoms with E-state index in [1.807, 2.05) is 42.5 Å². The number of nitrogens with zero attached hydrogens (tertiary/aromatic N) is 4. The molecule has 4 heterocycles. The van der Waals surface area contributed by atoms with E-state index in [9.17, 15) is 0 Å². The van der Waals surface area contributed by atoms with E-state index in [-0.39, 0.29) is 5.41 Å². The van der Waals surface area contributed by atoms with Crippen LogP contribution in [0.5, 0.6) is 23.0 Å². The minimum Gasteiger partial charge on any atom is -0.453 e. The van der Waals surface area contributed by atoms with E-state index in [1.54, 1.807) is 0 Å². The van der Waals surface area contributed by atoms with Crippen LogP contribution in [0.4, 0.5) is 0 Å². The molecular formula is C59H43BrN4O2. The largest absolute Gasteiger partial charge is 0.453 e. The minimum atomic E-state index is -0.0618. The fourth-order valence-electron chi connectivity index (χ4n) is 11.0. The van der Waals surface area contributed by atoms with E-state index < -0.39 is 0 Å². The van der Waals surface area contributed by atoms with Gasteiger partial charge in [0, 0.05) is 22.7 Å². The highest BCUT2D eigenvalue weighted by Crippen LogP contribution is 2.52. The number of para-hydroxylation sites is 2. The summed E-state index contributed by atoms with van der Waals surface area (Å²) in [5, 5.41) is 4.98. The van der Waals surface area contributed by atoms with Crippen LogP contribution in [-0.2, 0) is 18.3 Å². The predicted molar refractivity (Wildman–Crippen MR) is 272 cm³/mol. The molecule has 0 N–H and O–H groups in total. The topological polar surface area (TPSA) is 54.1 Å². The normalized spacial score (nSPS) is 13.4. The lowest BCUT2D eigenvalue weighted by molar-refractivity contribution is 0.474. The highest BCUT2D eigenvalue weighted by Gasteiger charge is 2.36. The summed E-state index contributed by atoms with van der Waals surface area (Å²) in [7, 11) is 0. The summed E-state index contributed by atoms with van der Waals surface area (Å²) in [6, 6.07) is 58.7. The Morgan fingerprint density at radius 1 is 0.470 bits per heavy atom. The Morgan fingerprint density at radius 3 is 1.53 bits per heavy atom. The summed E-state index contributed by atoms with van der Waals surface area (Å²) in [6.07, 6.45) is 1.74. The number of hydrogen-bond acceptors (Lipinski definition) is 4. The first kappa shape index (κ1) is 38.9. The smallest absolute Gasteiger partial charge is 0.153 e. The second-order valence-electron chi connectivity index (χ2n) is 18.0. The zero-order valence-corrected chi connectivity index (χ0v) is 38.6. The zero-order chi connectivity index (χ0) is 44.4. The van der Waals surface area contributed by atoms with Crippen molar-refractivity contribution in [3.8, 4) is 67.8 Å². The third-order valence-corrected chi connectivity index (χ3v) is 14.4. The van der Waals surface area contributed by atoms with Crippen LogP contribution in [0, 0.1) is 0 Å². The molecule has 0 saturated carbocycles. The molecule has 0 amide bonds. The predicted octanol–water partition coefficient (Wildman–Crippen LogP) is 16.1. The van der Waals surface area contributed by atoms with Crippen LogP contribution in [-0.4, -0.2) is 19.1 Å². The highest BCUT2D eigenvalue weighted by molar-refractivity contribution is 9.10. The van der Waals surface area contributed by atoms with Crippen LogP contribution in [0.15, 0.2) is 168 Å². The average molecular weight is 920 g/mol. The van der Waals surface area contributed by atoms with E-state index in [1.165, 1.54) is 60.5 Å². The third-order valence-electron chi connectivity index (χ3n) is 13.9. The Kier molecular flexibility index (Phi) is 8.56. The first-order valence-electron chi connectivity index (χ1n) is 22.8. The van der Waals surface area contributed by atoms with Gasteiger partial charge in [-0.3, -0.25) is 9.13 Å². The average Bonchev–Trinajstić information content (AvgIpc) is 4.00. The molecule has 2 aliphatic heterocycles. The molecule has 9 aromatic carbocycles. The monoisotopic (exact) mass is 918 g/mol. The quantitative estimate of drug-likeness (QED) is 0.165. The van der Waals surface area contributed by atoms with Crippen LogP contribution in [0.25, 0.3) is 88.4 Å². The summed E-state index contributed by atoms with van der Waals surface area (Å²) >= 11 is 3.49. The van der Waals surface area contributed by atoms with Gasteiger partial charge in [-0.1, -0.05) is 147 Å². The van der Waals surface area contributed by atoms with Crippen molar-refractivity contribution in [2.24, 2.45) is 0 Å². The van der Waals surface area contributed by atoms with Crippen molar-refractivity contribution in [2.75, 3.05) is 0 Å². The van der Waals surface area contributed by atoms with Gasteiger partial charge in [-0.25, -0.2) is 9.97 Å². The summed E-state index contributed by atoms with van der Waals surface area (Å²) in [4.78, 5) is 9.62. The lowest BCUT2D eigenvalue weighted by atomic mass is 9.80. The van der Waals surface area contributed by atoms with Crippen LogP contribution >= 0.6 is 15.9 Å². The zero-order valence-electron chi connectivity index (χ0n) is 37.0. The maximum Gasteiger partial charge on any atom is 0.153 e. The van der Waals surface area contributed by atoms with Gasteiger partial charge in [-0.15, -0.1) is 0 Å². The van der Waals surface area contributed by atoms with Gasteiger partial charge >= 0.3 is 0 Å². The highest BCUT2D eigenvalue weighted by atomic mass is 79.9. The number of hydrogen-bond donors (Lipinski definition) is 0. The number of fused-ring (bicyclic) bond motifs is 9. The lowest BCUT2D eigenvalue weighted by Gasteiger charge is -2.24. The molecular weight excluding hydrogens is 877 g/mol. The van der Waals surface area contributed by atoms with E-state index >= 15 is 0 Å². The van der Waals surface area contributed by atoms with Crippen LogP contribution in [0.3, 0.4) is 0 Å². The number of imidazole rings is 2. The van der Waals surface area contributed by atoms with Crippen molar-refractivity contribution in [1.29, 1.82) is 0 Å². The molecule has 0 radical (unpaired) electrons. The number of benzene rings is 9. The van der Waals surface area contributed by atoms with Crippen molar-refractivity contribution < 1.29 is 9.47 Å². The van der Waals surface area contributed by atoms with Crippen molar-refractivity contribution in [1.82, 2.24) is 19.1 Å². The molecule has 7 heteroatoms. The SMILES string of the molecule is CCc1nc2cccc3c2n1-c1ccc(-c2c4ccccc4c(-c4ccc5c(c4)C(C)(C)c4ccccc4-5)c4ccccc24)cc1O3.CCc1nc2cccc3c2n1-c1ccc(Br)cc1O3. The maximum absolute atomic E-state index is 6.61. The molecule has 318 valence electrons. The first-order valence-corrected chi connectivity index (χ1v) is 23.6. The van der Waals surface area contributed by atoms with E-state index in [0.29, 0.717) is 0 Å². The Labute approximate surface area is 390 Å². The van der Waals surface area contributed by atoms with Gasteiger partial charge in [0.2, 0.25) is 0 Å². The van der Waals surface area contributed by atoms with E-state index in [0.717, 1.165) is 91.0 Å². The molecule has 66 heavy (non-hydrogen) atoms. The van der Waals surface area contributed by atoms with E-state index in [2.05, 4.69) is 174 Å². The number of ether oxygens (including phenoxy) is 2. The first-order chi connectivity index (χ1) is 32.3. The molecule has 0 saturated heterocycles. The molecule has 0 atom stereocenters. The van der Waals surface area contributed by atoms with Gasteiger partial charge in [0.1, 0.15) is 22.7 Å². The molecule has 3 aliphatic rings. The number of aromatic nitrogens is 4. The Hall–Kier alpha value is -7.48. The molecule has 2 aromatic heterocycles. The van der Waals surface area contributed by atoms with Gasteiger partial charge in [-0.05, 0) is 127 Å². The third kappa shape index (κ3) is 5.59. The maximum atomic E-state index is 6.61. The molecule has 1 aliphatic carbocycles. The summed E-state index contributed by atoms with van der Waals surface area (Å²) in [5.41, 5.74) is 16.5. The van der Waals surface area contributed by atoms with Crippen molar-refractivity contribution >= 4 is 59.5 Å². The summed E-state index contributed by atoms with van der Waals surface area (Å²) in [5.74, 6) is 5.55. The minimum absolute atomic E-state index is 0.0618. The van der Waals surface area contributed by atoms with Crippen molar-refractivity contribution in [3.63, 3.8) is 0 Å². The van der Waals surface area contributed by atoms with Crippen LogP contribution < -0.4 is 9.47 Å². The number of rotatable bonds is 4. The van der Waals surface area contributed by atoms with Gasteiger partial charge in [0.25, 0.3) is 0 Å². The van der Waals surface area contributed by atoms with Gasteiger partial charge in [-0.2, -0.15) is 0 Å². The summed E-state index contributed by atoms with van der Waals surface area (Å²) < 4.78 is 18.1. The standard InChI is InChI=1S/C44H32N2O.C15H11BrN2O/c1-4-40-45-36-18-11-19-38-43(36)46(40)37-23-21-27(25-39(37)47-38)42-32-15-7-5-13-30(32)41(31-14-6-8-16-33(31)42)26-20-22-29-28-12-9-10-17-34(28)44(2,3)35(29)24-26;1-2-14-17-10-4-3-5-12-15(10)18(14)11-7-6-9(16)8-13(11)19-12/h5-25H,4H2,1-3H3;3-8H,2H2,1H3. The van der Waals surface area contributed by atoms with Crippen LogP contribution in [0.2, 0.25) is 0 Å². The number of halogens is 1.